The lowest BCUT2D eigenvalue weighted by atomic mass is 9.73. The number of aliphatic hydroxyl groups excluding tert-OH is 1. The summed E-state index contributed by atoms with van der Waals surface area (Å²) in [5.74, 6) is 0.0866. The van der Waals surface area contributed by atoms with Gasteiger partial charge in [-0.1, -0.05) is 36.4 Å². The zero-order valence-electron chi connectivity index (χ0n) is 11.3. The summed E-state index contributed by atoms with van der Waals surface area (Å²) in [4.78, 5) is 0. The number of halogens is 3. The van der Waals surface area contributed by atoms with E-state index in [1.807, 2.05) is 24.3 Å². The molecule has 0 amide bonds. The van der Waals surface area contributed by atoms with Crippen LogP contribution in [0.4, 0.5) is 13.2 Å². The Hall–Kier alpha value is -1.81. The highest BCUT2D eigenvalue weighted by molar-refractivity contribution is 5.41. The molecule has 0 aromatic heterocycles. The predicted octanol–water partition coefficient (Wildman–Crippen LogP) is 3.95. The van der Waals surface area contributed by atoms with Crippen LogP contribution in [0.15, 0.2) is 48.5 Å². The fraction of sp³-hybridized carbons (Fsp3) is 0.294. The van der Waals surface area contributed by atoms with Crippen molar-refractivity contribution in [3.8, 4) is 0 Å². The highest BCUT2D eigenvalue weighted by atomic mass is 19.4. The molecule has 3 rings (SSSR count). The molecule has 0 fully saturated rings. The molecule has 1 nitrogen and oxygen atoms in total. The monoisotopic (exact) mass is 292 g/mol. The summed E-state index contributed by atoms with van der Waals surface area (Å²) in [5.41, 5.74) is 2.46. The van der Waals surface area contributed by atoms with Crippen LogP contribution in [0.1, 0.15) is 28.2 Å². The fourth-order valence-electron chi connectivity index (χ4n) is 2.85. The van der Waals surface area contributed by atoms with Gasteiger partial charge in [0.05, 0.1) is 11.7 Å². The van der Waals surface area contributed by atoms with Crippen LogP contribution in [0.5, 0.6) is 0 Å². The largest absolute Gasteiger partial charge is 0.416 e. The van der Waals surface area contributed by atoms with Gasteiger partial charge in [0.25, 0.3) is 0 Å². The molecule has 1 N–H and O–H groups in total. The lowest BCUT2D eigenvalue weighted by molar-refractivity contribution is -0.137. The lowest BCUT2D eigenvalue weighted by Crippen LogP contribution is -2.30. The van der Waals surface area contributed by atoms with Gasteiger partial charge in [0.1, 0.15) is 0 Å². The second kappa shape index (κ2) is 5.19. The van der Waals surface area contributed by atoms with Crippen molar-refractivity contribution in [1.29, 1.82) is 0 Å². The van der Waals surface area contributed by atoms with Gasteiger partial charge in [-0.3, -0.25) is 0 Å². The van der Waals surface area contributed by atoms with E-state index in [-0.39, 0.29) is 5.92 Å². The lowest BCUT2D eigenvalue weighted by Gasteiger charge is -2.34. The molecule has 4 heteroatoms. The number of fused-ring (bicyclic) bond motifs is 1. The minimum absolute atomic E-state index is 0.0866. The SMILES string of the molecule is OC(Cc1ccc(C(F)(F)F)cc1)C1Cc2ccccc21. The summed E-state index contributed by atoms with van der Waals surface area (Å²) in [6.07, 6.45) is -3.67. The molecule has 2 aromatic rings. The van der Waals surface area contributed by atoms with Crippen LogP contribution in [0.2, 0.25) is 0 Å². The Morgan fingerprint density at radius 2 is 1.71 bits per heavy atom. The highest BCUT2D eigenvalue weighted by Crippen LogP contribution is 2.38. The van der Waals surface area contributed by atoms with Crippen molar-refractivity contribution >= 4 is 0 Å². The Morgan fingerprint density at radius 1 is 1.05 bits per heavy atom. The molecule has 1 aliphatic carbocycles. The van der Waals surface area contributed by atoms with Crippen molar-refractivity contribution in [3.63, 3.8) is 0 Å². The zero-order valence-corrected chi connectivity index (χ0v) is 11.3. The molecule has 0 bridgehead atoms. The third-order valence-electron chi connectivity index (χ3n) is 4.08. The van der Waals surface area contributed by atoms with Crippen LogP contribution < -0.4 is 0 Å². The number of rotatable bonds is 3. The van der Waals surface area contributed by atoms with Crippen molar-refractivity contribution in [2.75, 3.05) is 0 Å². The van der Waals surface area contributed by atoms with Crippen LogP contribution >= 0.6 is 0 Å². The number of alkyl halides is 3. The number of hydrogen-bond acceptors (Lipinski definition) is 1. The van der Waals surface area contributed by atoms with Crippen molar-refractivity contribution < 1.29 is 18.3 Å². The van der Waals surface area contributed by atoms with Crippen molar-refractivity contribution in [2.45, 2.75) is 31.0 Å². The van der Waals surface area contributed by atoms with E-state index < -0.39 is 17.8 Å². The van der Waals surface area contributed by atoms with E-state index in [4.69, 9.17) is 0 Å². The van der Waals surface area contributed by atoms with E-state index in [2.05, 4.69) is 0 Å². The van der Waals surface area contributed by atoms with Gasteiger partial charge in [0.2, 0.25) is 0 Å². The molecule has 2 unspecified atom stereocenters. The molecular formula is C17H15F3O. The average Bonchev–Trinajstić information content (AvgIpc) is 2.40. The zero-order chi connectivity index (χ0) is 15.0. The van der Waals surface area contributed by atoms with Gasteiger partial charge >= 0.3 is 6.18 Å². The molecular weight excluding hydrogens is 277 g/mol. The van der Waals surface area contributed by atoms with Gasteiger partial charge in [0, 0.05) is 5.92 Å². The van der Waals surface area contributed by atoms with E-state index in [1.54, 1.807) is 0 Å². The summed E-state index contributed by atoms with van der Waals surface area (Å²) in [5, 5.41) is 10.3. The van der Waals surface area contributed by atoms with E-state index in [9.17, 15) is 18.3 Å². The molecule has 0 saturated heterocycles. The van der Waals surface area contributed by atoms with Gasteiger partial charge in [-0.25, -0.2) is 0 Å². The summed E-state index contributed by atoms with van der Waals surface area (Å²) in [6, 6.07) is 13.0. The molecule has 0 heterocycles. The van der Waals surface area contributed by atoms with Crippen LogP contribution in [0, 0.1) is 0 Å². The predicted molar refractivity (Wildman–Crippen MR) is 74.0 cm³/mol. The molecule has 1 aliphatic rings. The first-order chi connectivity index (χ1) is 9.95. The van der Waals surface area contributed by atoms with E-state index in [0.29, 0.717) is 6.42 Å². The van der Waals surface area contributed by atoms with Crippen LogP contribution in [-0.2, 0) is 19.0 Å². The topological polar surface area (TPSA) is 20.2 Å². The molecule has 2 aromatic carbocycles. The first-order valence-corrected chi connectivity index (χ1v) is 6.87. The van der Waals surface area contributed by atoms with Gasteiger partial charge in [-0.05, 0) is 41.7 Å². The Kier molecular flexibility index (Phi) is 3.49. The van der Waals surface area contributed by atoms with Crippen molar-refractivity contribution in [1.82, 2.24) is 0 Å². The fourth-order valence-corrected chi connectivity index (χ4v) is 2.85. The normalized spacial score (nSPS) is 18.8. The average molecular weight is 292 g/mol. The first-order valence-electron chi connectivity index (χ1n) is 6.87. The number of aliphatic hydroxyl groups is 1. The Labute approximate surface area is 121 Å². The maximum absolute atomic E-state index is 12.5. The third-order valence-corrected chi connectivity index (χ3v) is 4.08. The van der Waals surface area contributed by atoms with Crippen LogP contribution in [0.3, 0.4) is 0 Å². The second-order valence-electron chi connectivity index (χ2n) is 5.48. The Bertz CT molecular complexity index is 631. The standard InChI is InChI=1S/C17H15F3O/c18-17(19,20)13-7-5-11(6-8-13)9-16(21)15-10-12-3-1-2-4-14(12)15/h1-8,15-16,21H,9-10H2. The molecule has 0 aliphatic heterocycles. The molecule has 2 atom stereocenters. The van der Waals surface area contributed by atoms with Gasteiger partial charge < -0.3 is 5.11 Å². The quantitative estimate of drug-likeness (QED) is 0.908. The second-order valence-corrected chi connectivity index (χ2v) is 5.48. The van der Waals surface area contributed by atoms with E-state index in [0.717, 1.165) is 29.7 Å². The van der Waals surface area contributed by atoms with Gasteiger partial charge in [-0.15, -0.1) is 0 Å². The summed E-state index contributed by atoms with van der Waals surface area (Å²) in [7, 11) is 0. The number of hydrogen-bond donors (Lipinski definition) is 1. The molecule has 21 heavy (non-hydrogen) atoms. The molecule has 0 saturated carbocycles. The summed E-state index contributed by atoms with van der Waals surface area (Å²) < 4.78 is 37.5. The van der Waals surface area contributed by atoms with E-state index in [1.165, 1.54) is 17.7 Å². The molecule has 0 spiro atoms. The summed E-state index contributed by atoms with van der Waals surface area (Å²) in [6.45, 7) is 0. The Morgan fingerprint density at radius 3 is 2.33 bits per heavy atom. The minimum Gasteiger partial charge on any atom is -0.392 e. The number of benzene rings is 2. The van der Waals surface area contributed by atoms with Gasteiger partial charge in [-0.2, -0.15) is 13.2 Å². The maximum atomic E-state index is 12.5. The van der Waals surface area contributed by atoms with E-state index >= 15 is 0 Å². The smallest absolute Gasteiger partial charge is 0.392 e. The van der Waals surface area contributed by atoms with Crippen molar-refractivity contribution in [3.05, 3.63) is 70.8 Å². The van der Waals surface area contributed by atoms with Crippen LogP contribution in [0.25, 0.3) is 0 Å². The first kappa shape index (κ1) is 14.1. The maximum Gasteiger partial charge on any atom is 0.416 e. The Balaban J connectivity index is 1.68. The molecule has 110 valence electrons. The summed E-state index contributed by atoms with van der Waals surface area (Å²) >= 11 is 0. The minimum atomic E-state index is -4.32. The van der Waals surface area contributed by atoms with Gasteiger partial charge in [0.15, 0.2) is 0 Å². The molecule has 0 radical (unpaired) electrons. The van der Waals surface area contributed by atoms with Crippen molar-refractivity contribution in [2.24, 2.45) is 0 Å². The third kappa shape index (κ3) is 2.81. The van der Waals surface area contributed by atoms with Crippen LogP contribution in [-0.4, -0.2) is 11.2 Å². The highest BCUT2D eigenvalue weighted by Gasteiger charge is 2.32.